The number of aliphatic carboxylic acids is 1. The molecule has 1 N–H and O–H groups in total. The predicted octanol–water partition coefficient (Wildman–Crippen LogP) is 3.04. The largest absolute Gasteiger partial charge is 0.477 e. The SMILES string of the molecule is Cc1ccc(S(=O)(=O)n2c(C)cc3c2CCCC3=C(C#N)C(=O)O)cc1. The van der Waals surface area contributed by atoms with Crippen LogP contribution in [0.4, 0.5) is 0 Å². The molecule has 2 aromatic rings. The van der Waals surface area contributed by atoms with Gasteiger partial charge in [-0.3, -0.25) is 0 Å². The molecule has 0 atom stereocenters. The van der Waals surface area contributed by atoms with Crippen LogP contribution in [0.5, 0.6) is 0 Å². The lowest BCUT2D eigenvalue weighted by atomic mass is 9.89. The Hall–Kier alpha value is -2.85. The van der Waals surface area contributed by atoms with Crippen molar-refractivity contribution >= 4 is 21.6 Å². The lowest BCUT2D eigenvalue weighted by Gasteiger charge is -2.19. The number of rotatable bonds is 3. The highest BCUT2D eigenvalue weighted by Crippen LogP contribution is 2.37. The highest BCUT2D eigenvalue weighted by molar-refractivity contribution is 7.90. The van der Waals surface area contributed by atoms with Crippen molar-refractivity contribution in [1.82, 2.24) is 3.97 Å². The molecule has 7 heteroatoms. The first-order valence-electron chi connectivity index (χ1n) is 8.17. The average Bonchev–Trinajstić information content (AvgIpc) is 2.93. The molecule has 0 radical (unpaired) electrons. The summed E-state index contributed by atoms with van der Waals surface area (Å²) in [6.45, 7) is 3.56. The molecule has 0 fully saturated rings. The highest BCUT2D eigenvalue weighted by Gasteiger charge is 2.30. The Bertz CT molecular complexity index is 1070. The van der Waals surface area contributed by atoms with Gasteiger partial charge in [-0.25, -0.2) is 17.2 Å². The third kappa shape index (κ3) is 2.82. The predicted molar refractivity (Wildman–Crippen MR) is 96.0 cm³/mol. The maximum Gasteiger partial charge on any atom is 0.346 e. The zero-order chi connectivity index (χ0) is 19.1. The second-order valence-corrected chi connectivity index (χ2v) is 8.14. The van der Waals surface area contributed by atoms with E-state index in [1.54, 1.807) is 43.3 Å². The fraction of sp³-hybridized carbons (Fsp3) is 0.263. The molecule has 0 saturated heterocycles. The molecule has 0 amide bonds. The van der Waals surface area contributed by atoms with Crippen LogP contribution in [0.3, 0.4) is 0 Å². The standard InChI is InChI=1S/C19H18N2O4S/c1-12-6-8-14(9-7-12)26(24,25)21-13(2)10-16-15(4-3-5-18(16)21)17(11-20)19(22)23/h6-10H,3-5H2,1-2H3,(H,22,23). The number of nitrogens with zero attached hydrogens (tertiary/aromatic N) is 2. The van der Waals surface area contributed by atoms with Gasteiger partial charge in [0.2, 0.25) is 0 Å². The number of hydrogen-bond acceptors (Lipinski definition) is 4. The molecule has 1 heterocycles. The van der Waals surface area contributed by atoms with Gasteiger partial charge in [0.25, 0.3) is 10.0 Å². The summed E-state index contributed by atoms with van der Waals surface area (Å²) in [4.78, 5) is 11.6. The van der Waals surface area contributed by atoms with Crippen LogP contribution in [0, 0.1) is 25.2 Å². The zero-order valence-corrected chi connectivity index (χ0v) is 15.3. The van der Waals surface area contributed by atoms with Crippen molar-refractivity contribution in [2.24, 2.45) is 0 Å². The van der Waals surface area contributed by atoms with Crippen LogP contribution in [0.1, 0.15) is 35.4 Å². The fourth-order valence-electron chi connectivity index (χ4n) is 3.39. The Morgan fingerprint density at radius 1 is 1.19 bits per heavy atom. The van der Waals surface area contributed by atoms with Gasteiger partial charge < -0.3 is 5.11 Å². The molecule has 0 saturated carbocycles. The van der Waals surface area contributed by atoms with E-state index in [1.165, 1.54) is 3.97 Å². The number of fused-ring (bicyclic) bond motifs is 1. The van der Waals surface area contributed by atoms with Gasteiger partial charge in [0.05, 0.1) is 4.90 Å². The van der Waals surface area contributed by atoms with Gasteiger partial charge in [-0.2, -0.15) is 5.26 Å². The number of hydrogen-bond donors (Lipinski definition) is 1. The van der Waals surface area contributed by atoms with Crippen molar-refractivity contribution in [1.29, 1.82) is 5.26 Å². The molecule has 0 bridgehead atoms. The van der Waals surface area contributed by atoms with Crippen LogP contribution in [0.15, 0.2) is 40.8 Å². The number of aryl methyl sites for hydroxylation is 2. The van der Waals surface area contributed by atoms with Gasteiger partial charge in [-0.1, -0.05) is 17.7 Å². The molecule has 0 unspecified atom stereocenters. The van der Waals surface area contributed by atoms with E-state index in [9.17, 15) is 23.6 Å². The molecule has 3 rings (SSSR count). The van der Waals surface area contributed by atoms with E-state index in [4.69, 9.17) is 0 Å². The van der Waals surface area contributed by atoms with Gasteiger partial charge in [0, 0.05) is 17.0 Å². The molecular formula is C19H18N2O4S. The Kier molecular flexibility index (Phi) is 4.46. The quantitative estimate of drug-likeness (QED) is 0.661. The Labute approximate surface area is 152 Å². The average molecular weight is 370 g/mol. The third-order valence-electron chi connectivity index (χ3n) is 4.58. The molecular weight excluding hydrogens is 352 g/mol. The summed E-state index contributed by atoms with van der Waals surface area (Å²) in [5, 5.41) is 18.5. The van der Waals surface area contributed by atoms with E-state index < -0.39 is 16.0 Å². The number of nitriles is 1. The molecule has 134 valence electrons. The first-order valence-corrected chi connectivity index (χ1v) is 9.61. The smallest absolute Gasteiger partial charge is 0.346 e. The van der Waals surface area contributed by atoms with Crippen LogP contribution in [0.25, 0.3) is 5.57 Å². The molecule has 1 aliphatic carbocycles. The van der Waals surface area contributed by atoms with Crippen LogP contribution in [-0.4, -0.2) is 23.5 Å². The normalized spacial score (nSPS) is 15.9. The van der Waals surface area contributed by atoms with Crippen molar-refractivity contribution in [2.45, 2.75) is 38.0 Å². The summed E-state index contributed by atoms with van der Waals surface area (Å²) in [5.74, 6) is -1.29. The zero-order valence-electron chi connectivity index (χ0n) is 14.5. The molecule has 26 heavy (non-hydrogen) atoms. The van der Waals surface area contributed by atoms with E-state index in [0.717, 1.165) is 5.56 Å². The van der Waals surface area contributed by atoms with Gasteiger partial charge in [0.1, 0.15) is 11.6 Å². The number of aromatic nitrogens is 1. The molecule has 0 aliphatic heterocycles. The van der Waals surface area contributed by atoms with Crippen molar-refractivity contribution in [3.05, 3.63) is 58.4 Å². The first-order chi connectivity index (χ1) is 12.3. The highest BCUT2D eigenvalue weighted by atomic mass is 32.2. The molecule has 0 spiro atoms. The Morgan fingerprint density at radius 2 is 1.85 bits per heavy atom. The Balaban J connectivity index is 2.25. The second-order valence-electron chi connectivity index (χ2n) is 6.35. The molecule has 1 aromatic carbocycles. The van der Waals surface area contributed by atoms with Gasteiger partial charge in [-0.05, 0) is 56.9 Å². The summed E-state index contributed by atoms with van der Waals surface area (Å²) >= 11 is 0. The van der Waals surface area contributed by atoms with Crippen LogP contribution in [-0.2, 0) is 21.2 Å². The van der Waals surface area contributed by atoms with Crippen molar-refractivity contribution < 1.29 is 18.3 Å². The molecule has 1 aliphatic rings. The third-order valence-corrected chi connectivity index (χ3v) is 6.44. The van der Waals surface area contributed by atoms with Crippen LogP contribution in [0.2, 0.25) is 0 Å². The van der Waals surface area contributed by atoms with E-state index in [0.29, 0.717) is 41.8 Å². The summed E-state index contributed by atoms with van der Waals surface area (Å²) in [6.07, 6.45) is 1.54. The van der Waals surface area contributed by atoms with Crippen molar-refractivity contribution in [3.63, 3.8) is 0 Å². The van der Waals surface area contributed by atoms with Gasteiger partial charge in [0.15, 0.2) is 0 Å². The van der Waals surface area contributed by atoms with Crippen LogP contribution < -0.4 is 0 Å². The number of benzene rings is 1. The van der Waals surface area contributed by atoms with Crippen LogP contribution >= 0.6 is 0 Å². The molecule has 1 aromatic heterocycles. The monoisotopic (exact) mass is 370 g/mol. The van der Waals surface area contributed by atoms with E-state index in [1.807, 2.05) is 6.92 Å². The fourth-order valence-corrected chi connectivity index (χ4v) is 4.99. The molecule has 6 nitrogen and oxygen atoms in total. The first kappa shape index (κ1) is 18.0. The maximum atomic E-state index is 13.1. The Morgan fingerprint density at radius 3 is 2.42 bits per heavy atom. The van der Waals surface area contributed by atoms with Gasteiger partial charge in [-0.15, -0.1) is 0 Å². The number of carboxylic acids is 1. The topological polar surface area (TPSA) is 100 Å². The summed E-state index contributed by atoms with van der Waals surface area (Å²) in [7, 11) is -3.80. The maximum absolute atomic E-state index is 13.1. The second kappa shape index (κ2) is 6.46. The minimum atomic E-state index is -3.80. The van der Waals surface area contributed by atoms with Crippen molar-refractivity contribution in [3.8, 4) is 6.07 Å². The summed E-state index contributed by atoms with van der Waals surface area (Å²) in [6, 6.07) is 10.0. The van der Waals surface area contributed by atoms with E-state index >= 15 is 0 Å². The lowest BCUT2D eigenvalue weighted by Crippen LogP contribution is -2.19. The van der Waals surface area contributed by atoms with Crippen molar-refractivity contribution in [2.75, 3.05) is 0 Å². The van der Waals surface area contributed by atoms with E-state index in [-0.39, 0.29) is 10.5 Å². The lowest BCUT2D eigenvalue weighted by molar-refractivity contribution is -0.132. The number of carboxylic acid groups (broad SMARTS) is 1. The number of allylic oxidation sites excluding steroid dienone is 1. The summed E-state index contributed by atoms with van der Waals surface area (Å²) < 4.78 is 27.6. The minimum absolute atomic E-state index is 0.180. The van der Waals surface area contributed by atoms with E-state index in [2.05, 4.69) is 0 Å². The number of carbonyl (C=O) groups is 1. The van der Waals surface area contributed by atoms with Gasteiger partial charge >= 0.3 is 5.97 Å². The minimum Gasteiger partial charge on any atom is -0.477 e. The summed E-state index contributed by atoms with van der Waals surface area (Å²) in [5.41, 5.74) is 2.62.